The Labute approximate surface area is 113 Å². The summed E-state index contributed by atoms with van der Waals surface area (Å²) in [6, 6.07) is 0.498. The van der Waals surface area contributed by atoms with E-state index in [0.29, 0.717) is 6.04 Å². The number of aryl methyl sites for hydroxylation is 2. The highest BCUT2D eigenvalue weighted by molar-refractivity contribution is 5.29. The van der Waals surface area contributed by atoms with Crippen molar-refractivity contribution < 1.29 is 0 Å². The van der Waals surface area contributed by atoms with Gasteiger partial charge in [0.05, 0.1) is 6.54 Å². The molecule has 0 spiro atoms. The van der Waals surface area contributed by atoms with Crippen molar-refractivity contribution in [3.05, 3.63) is 35.7 Å². The predicted molar refractivity (Wildman–Crippen MR) is 73.9 cm³/mol. The first-order chi connectivity index (χ1) is 9.28. The summed E-state index contributed by atoms with van der Waals surface area (Å²) < 4.78 is 4.21. The molecule has 19 heavy (non-hydrogen) atoms. The Balaban J connectivity index is 1.87. The Kier molecular flexibility index (Phi) is 3.38. The zero-order valence-electron chi connectivity index (χ0n) is 11.6. The monoisotopic (exact) mass is 259 g/mol. The first kappa shape index (κ1) is 12.4. The largest absolute Gasteiger partial charge is 0.346 e. The van der Waals surface area contributed by atoms with Crippen molar-refractivity contribution in [2.45, 2.75) is 38.3 Å². The second kappa shape index (κ2) is 5.17. The fraction of sp³-hybridized carbons (Fsp3) is 0.571. The van der Waals surface area contributed by atoms with Gasteiger partial charge in [-0.15, -0.1) is 10.2 Å². The fourth-order valence-corrected chi connectivity index (χ4v) is 2.92. The van der Waals surface area contributed by atoms with Crippen LogP contribution in [0.15, 0.2) is 18.7 Å². The van der Waals surface area contributed by atoms with Crippen LogP contribution in [0.1, 0.15) is 42.3 Å². The minimum absolute atomic E-state index is 0.498. The molecule has 0 aromatic carbocycles. The molecule has 1 unspecified atom stereocenters. The van der Waals surface area contributed by atoms with E-state index in [1.54, 1.807) is 6.33 Å². The lowest BCUT2D eigenvalue weighted by Crippen LogP contribution is -2.15. The van der Waals surface area contributed by atoms with Crippen molar-refractivity contribution in [1.29, 1.82) is 0 Å². The molecule has 0 saturated carbocycles. The van der Waals surface area contributed by atoms with E-state index in [1.807, 2.05) is 11.6 Å². The second-order valence-electron chi connectivity index (χ2n) is 5.36. The van der Waals surface area contributed by atoms with Crippen LogP contribution in [0.2, 0.25) is 0 Å². The van der Waals surface area contributed by atoms with E-state index in [9.17, 15) is 0 Å². The van der Waals surface area contributed by atoms with Crippen LogP contribution in [0.5, 0.6) is 0 Å². The van der Waals surface area contributed by atoms with Crippen LogP contribution in [-0.4, -0.2) is 26.4 Å². The number of nitrogens with zero attached hydrogens (tertiary/aromatic N) is 4. The molecule has 0 saturated heterocycles. The highest BCUT2D eigenvalue weighted by atomic mass is 15.3. The van der Waals surface area contributed by atoms with Gasteiger partial charge < -0.3 is 14.5 Å². The molecule has 2 aromatic rings. The van der Waals surface area contributed by atoms with Gasteiger partial charge in [0.2, 0.25) is 0 Å². The van der Waals surface area contributed by atoms with Crippen molar-refractivity contribution in [2.75, 3.05) is 7.05 Å². The molecule has 5 heteroatoms. The normalized spacial score (nSPS) is 19.2. The number of rotatable bonds is 3. The van der Waals surface area contributed by atoms with Crippen LogP contribution < -0.4 is 5.32 Å². The molecule has 102 valence electrons. The Morgan fingerprint density at radius 2 is 2.26 bits per heavy atom. The molecule has 3 rings (SSSR count). The van der Waals surface area contributed by atoms with Crippen LogP contribution in [-0.2, 0) is 20.0 Å². The van der Waals surface area contributed by atoms with Gasteiger partial charge in [-0.3, -0.25) is 0 Å². The van der Waals surface area contributed by atoms with Gasteiger partial charge in [0.15, 0.2) is 5.82 Å². The first-order valence-electron chi connectivity index (χ1n) is 6.96. The summed E-state index contributed by atoms with van der Waals surface area (Å²) in [7, 11) is 4.04. The van der Waals surface area contributed by atoms with Crippen LogP contribution in [0, 0.1) is 0 Å². The molecule has 1 N–H and O–H groups in total. The molecule has 2 aromatic heterocycles. The molecule has 2 heterocycles. The molecule has 0 aliphatic heterocycles. The maximum absolute atomic E-state index is 4.15. The standard InChI is InChI=1S/C14H21N5/c1-15-13-6-4-3-5-11-7-19(8-12(11)13)9-14-17-16-10-18(14)2/h7-8,10,13,15H,3-6,9H2,1-2H3. The van der Waals surface area contributed by atoms with Crippen LogP contribution in [0.4, 0.5) is 0 Å². The molecule has 1 aliphatic carbocycles. The third kappa shape index (κ3) is 2.42. The van der Waals surface area contributed by atoms with Gasteiger partial charge in [0, 0.05) is 25.5 Å². The summed E-state index contributed by atoms with van der Waals surface area (Å²) >= 11 is 0. The molecule has 5 nitrogen and oxygen atoms in total. The van der Waals surface area contributed by atoms with Crippen molar-refractivity contribution in [3.8, 4) is 0 Å². The topological polar surface area (TPSA) is 47.7 Å². The summed E-state index contributed by atoms with van der Waals surface area (Å²) in [5.41, 5.74) is 2.95. The molecule has 0 radical (unpaired) electrons. The van der Waals surface area contributed by atoms with Gasteiger partial charge in [0.1, 0.15) is 6.33 Å². The first-order valence-corrected chi connectivity index (χ1v) is 6.96. The molecule has 1 aliphatic rings. The zero-order valence-corrected chi connectivity index (χ0v) is 11.6. The fourth-order valence-electron chi connectivity index (χ4n) is 2.92. The summed E-state index contributed by atoms with van der Waals surface area (Å²) in [6.45, 7) is 0.792. The van der Waals surface area contributed by atoms with Crippen molar-refractivity contribution in [1.82, 2.24) is 24.6 Å². The van der Waals surface area contributed by atoms with Crippen LogP contribution in [0.3, 0.4) is 0 Å². The SMILES string of the molecule is CNC1CCCCc2cn(Cc3nncn3C)cc21. The van der Waals surface area contributed by atoms with Gasteiger partial charge in [-0.25, -0.2) is 0 Å². The van der Waals surface area contributed by atoms with E-state index >= 15 is 0 Å². The van der Waals surface area contributed by atoms with E-state index in [-0.39, 0.29) is 0 Å². The lowest BCUT2D eigenvalue weighted by Gasteiger charge is -2.13. The Morgan fingerprint density at radius 1 is 1.37 bits per heavy atom. The maximum Gasteiger partial charge on any atom is 0.152 e. The van der Waals surface area contributed by atoms with Gasteiger partial charge in [-0.1, -0.05) is 6.42 Å². The van der Waals surface area contributed by atoms with Crippen LogP contribution >= 0.6 is 0 Å². The van der Waals surface area contributed by atoms with E-state index < -0.39 is 0 Å². The molecule has 0 fully saturated rings. The highest BCUT2D eigenvalue weighted by Gasteiger charge is 2.19. The Morgan fingerprint density at radius 3 is 3.00 bits per heavy atom. The Hall–Kier alpha value is -1.62. The third-order valence-corrected chi connectivity index (χ3v) is 4.04. The van der Waals surface area contributed by atoms with Gasteiger partial charge >= 0.3 is 0 Å². The van der Waals surface area contributed by atoms with E-state index in [1.165, 1.54) is 36.8 Å². The minimum Gasteiger partial charge on any atom is -0.346 e. The molecule has 0 bridgehead atoms. The lowest BCUT2D eigenvalue weighted by atomic mass is 10.1. The molecule has 1 atom stereocenters. The summed E-state index contributed by atoms with van der Waals surface area (Å²) in [6.07, 6.45) is 11.3. The lowest BCUT2D eigenvalue weighted by molar-refractivity contribution is 0.530. The van der Waals surface area contributed by atoms with Crippen LogP contribution in [0.25, 0.3) is 0 Å². The van der Waals surface area contributed by atoms with E-state index in [0.717, 1.165) is 12.4 Å². The molecular weight excluding hydrogens is 238 g/mol. The summed E-state index contributed by atoms with van der Waals surface area (Å²) in [5, 5.41) is 11.5. The number of aromatic nitrogens is 4. The smallest absolute Gasteiger partial charge is 0.152 e. The molecule has 0 amide bonds. The van der Waals surface area contributed by atoms with Crippen molar-refractivity contribution >= 4 is 0 Å². The Bertz CT molecular complexity index is 554. The number of hydrogen-bond acceptors (Lipinski definition) is 3. The van der Waals surface area contributed by atoms with Gasteiger partial charge in [0.25, 0.3) is 0 Å². The summed E-state index contributed by atoms with van der Waals surface area (Å²) in [4.78, 5) is 0. The quantitative estimate of drug-likeness (QED) is 0.853. The zero-order chi connectivity index (χ0) is 13.2. The average Bonchev–Trinajstić information content (AvgIpc) is 2.93. The maximum atomic E-state index is 4.15. The van der Waals surface area contributed by atoms with Gasteiger partial charge in [-0.2, -0.15) is 0 Å². The number of hydrogen-bond donors (Lipinski definition) is 1. The number of nitrogens with one attached hydrogen (secondary N) is 1. The van der Waals surface area contributed by atoms with E-state index in [4.69, 9.17) is 0 Å². The average molecular weight is 259 g/mol. The second-order valence-corrected chi connectivity index (χ2v) is 5.36. The number of fused-ring (bicyclic) bond motifs is 1. The van der Waals surface area contributed by atoms with Gasteiger partial charge in [-0.05, 0) is 37.4 Å². The van der Waals surface area contributed by atoms with E-state index in [2.05, 4.69) is 39.5 Å². The summed E-state index contributed by atoms with van der Waals surface area (Å²) in [5.74, 6) is 0.992. The highest BCUT2D eigenvalue weighted by Crippen LogP contribution is 2.29. The predicted octanol–water partition coefficient (Wildman–Crippen LogP) is 1.65. The molecular formula is C14H21N5. The minimum atomic E-state index is 0.498. The van der Waals surface area contributed by atoms with Crippen molar-refractivity contribution in [3.63, 3.8) is 0 Å². The van der Waals surface area contributed by atoms with Crippen molar-refractivity contribution in [2.24, 2.45) is 7.05 Å². The third-order valence-electron chi connectivity index (χ3n) is 4.04.